The van der Waals surface area contributed by atoms with E-state index in [1.165, 1.54) is 12.8 Å². The molecule has 0 saturated heterocycles. The molecule has 0 heterocycles. The summed E-state index contributed by atoms with van der Waals surface area (Å²) in [6.45, 7) is 5.05. The predicted octanol–water partition coefficient (Wildman–Crippen LogP) is 2.10. The van der Waals surface area contributed by atoms with E-state index in [9.17, 15) is 0 Å². The zero-order valence-corrected chi connectivity index (χ0v) is 5.91. The van der Waals surface area contributed by atoms with Crippen LogP contribution in [0.2, 0.25) is 0 Å². The van der Waals surface area contributed by atoms with Gasteiger partial charge >= 0.3 is 0 Å². The van der Waals surface area contributed by atoms with E-state index in [2.05, 4.69) is 13.8 Å². The third kappa shape index (κ3) is 4.13. The lowest BCUT2D eigenvalue weighted by atomic mass is 10.0. The smallest absolute Gasteiger partial charge is 0.00998 e. The normalized spacial score (nSPS) is 13.9. The predicted molar refractivity (Wildman–Crippen MR) is 36.7 cm³/mol. The first-order valence-electron chi connectivity index (χ1n) is 3.45. The zero-order valence-electron chi connectivity index (χ0n) is 5.91. The molecule has 0 saturated carbocycles. The molecule has 0 aromatic carbocycles. The van der Waals surface area contributed by atoms with Crippen molar-refractivity contribution < 1.29 is 0 Å². The highest BCUT2D eigenvalue weighted by Crippen LogP contribution is 2.07. The molecule has 0 aromatic rings. The van der Waals surface area contributed by atoms with Crippen LogP contribution in [-0.4, -0.2) is 6.54 Å². The van der Waals surface area contributed by atoms with Crippen LogP contribution in [0, 0.1) is 5.92 Å². The summed E-state index contributed by atoms with van der Waals surface area (Å²) in [6.07, 6.45) is 3.58. The molecule has 49 valence electrons. The second-order valence-corrected chi connectivity index (χ2v) is 2.41. The maximum Gasteiger partial charge on any atom is 0.00998 e. The molecule has 1 atom stereocenters. The van der Waals surface area contributed by atoms with Crippen molar-refractivity contribution in [2.75, 3.05) is 6.54 Å². The SMILES string of the molecule is CCC(C)CCC[NH]. The van der Waals surface area contributed by atoms with Crippen molar-refractivity contribution in [1.29, 1.82) is 0 Å². The fraction of sp³-hybridized carbons (Fsp3) is 1.00. The Morgan fingerprint density at radius 1 is 1.50 bits per heavy atom. The highest BCUT2D eigenvalue weighted by molar-refractivity contribution is 4.49. The third-order valence-electron chi connectivity index (χ3n) is 1.57. The van der Waals surface area contributed by atoms with Crippen LogP contribution in [0.15, 0.2) is 0 Å². The molecule has 0 rings (SSSR count). The maximum absolute atomic E-state index is 6.87. The summed E-state index contributed by atoms with van der Waals surface area (Å²) < 4.78 is 0. The first kappa shape index (κ1) is 7.96. The number of rotatable bonds is 4. The van der Waals surface area contributed by atoms with Crippen molar-refractivity contribution in [2.45, 2.75) is 33.1 Å². The number of hydrogen-bond donors (Lipinski definition) is 0. The van der Waals surface area contributed by atoms with Gasteiger partial charge < -0.3 is 0 Å². The Balaban J connectivity index is 2.86. The van der Waals surface area contributed by atoms with Gasteiger partial charge in [-0.05, 0) is 18.8 Å². The van der Waals surface area contributed by atoms with Gasteiger partial charge in [-0.1, -0.05) is 20.3 Å². The van der Waals surface area contributed by atoms with Crippen LogP contribution >= 0.6 is 0 Å². The Morgan fingerprint density at radius 2 is 2.12 bits per heavy atom. The Kier molecular flexibility index (Phi) is 5.08. The lowest BCUT2D eigenvalue weighted by molar-refractivity contribution is 0.498. The number of hydrogen-bond acceptors (Lipinski definition) is 0. The quantitative estimate of drug-likeness (QED) is 0.534. The molecule has 0 spiro atoms. The summed E-state index contributed by atoms with van der Waals surface area (Å²) in [5.74, 6) is 0.834. The number of nitrogens with one attached hydrogen (secondary N) is 1. The maximum atomic E-state index is 6.87. The largest absolute Gasteiger partial charge is 0.258 e. The van der Waals surface area contributed by atoms with Crippen LogP contribution in [0.25, 0.3) is 0 Å². The molecule has 0 aliphatic rings. The summed E-state index contributed by atoms with van der Waals surface area (Å²) in [6, 6.07) is 0. The minimum Gasteiger partial charge on any atom is -0.258 e. The van der Waals surface area contributed by atoms with Crippen LogP contribution in [-0.2, 0) is 0 Å². The van der Waals surface area contributed by atoms with Gasteiger partial charge in [-0.3, -0.25) is 5.73 Å². The average molecular weight is 114 g/mol. The molecule has 0 aromatic heterocycles. The summed E-state index contributed by atoms with van der Waals surface area (Å²) >= 11 is 0. The molecule has 0 amide bonds. The van der Waals surface area contributed by atoms with Crippen LogP contribution in [0.5, 0.6) is 0 Å². The van der Waals surface area contributed by atoms with Gasteiger partial charge in [0.25, 0.3) is 0 Å². The zero-order chi connectivity index (χ0) is 6.41. The van der Waals surface area contributed by atoms with Crippen LogP contribution in [0.4, 0.5) is 0 Å². The molecule has 0 aliphatic carbocycles. The summed E-state index contributed by atoms with van der Waals surface area (Å²) in [4.78, 5) is 0. The van der Waals surface area contributed by atoms with E-state index in [0.717, 1.165) is 12.3 Å². The van der Waals surface area contributed by atoms with E-state index in [1.54, 1.807) is 0 Å². The molecule has 0 fully saturated rings. The minimum atomic E-state index is 0.602. The lowest BCUT2D eigenvalue weighted by Gasteiger charge is -2.04. The molecule has 0 bridgehead atoms. The van der Waals surface area contributed by atoms with E-state index in [1.807, 2.05) is 0 Å². The molecule has 8 heavy (non-hydrogen) atoms. The van der Waals surface area contributed by atoms with Gasteiger partial charge in [-0.15, -0.1) is 0 Å². The van der Waals surface area contributed by atoms with E-state index in [4.69, 9.17) is 5.73 Å². The van der Waals surface area contributed by atoms with Crippen molar-refractivity contribution in [3.8, 4) is 0 Å². The fourth-order valence-corrected chi connectivity index (χ4v) is 0.655. The second kappa shape index (κ2) is 5.10. The molecule has 1 radical (unpaired) electrons. The third-order valence-corrected chi connectivity index (χ3v) is 1.57. The van der Waals surface area contributed by atoms with Gasteiger partial charge in [0, 0.05) is 6.54 Å². The minimum absolute atomic E-state index is 0.602. The van der Waals surface area contributed by atoms with Crippen molar-refractivity contribution >= 4 is 0 Å². The van der Waals surface area contributed by atoms with Crippen LogP contribution < -0.4 is 5.73 Å². The van der Waals surface area contributed by atoms with Gasteiger partial charge in [0.05, 0.1) is 0 Å². The van der Waals surface area contributed by atoms with E-state index in [0.29, 0.717) is 6.54 Å². The Morgan fingerprint density at radius 3 is 2.50 bits per heavy atom. The summed E-state index contributed by atoms with van der Waals surface area (Å²) in [5, 5.41) is 0. The molecule has 0 aliphatic heterocycles. The molecule has 1 unspecified atom stereocenters. The van der Waals surface area contributed by atoms with Crippen molar-refractivity contribution in [3.05, 3.63) is 0 Å². The Labute approximate surface area is 52.3 Å². The monoisotopic (exact) mass is 114 g/mol. The van der Waals surface area contributed by atoms with Crippen molar-refractivity contribution in [1.82, 2.24) is 5.73 Å². The summed E-state index contributed by atoms with van der Waals surface area (Å²) in [7, 11) is 0. The molecule has 1 nitrogen and oxygen atoms in total. The first-order valence-corrected chi connectivity index (χ1v) is 3.45. The Bertz CT molecular complexity index is 43.7. The van der Waals surface area contributed by atoms with Gasteiger partial charge in [0.2, 0.25) is 0 Å². The summed E-state index contributed by atoms with van der Waals surface area (Å²) in [5.41, 5.74) is 6.87. The fourth-order valence-electron chi connectivity index (χ4n) is 0.655. The molecule has 1 N–H and O–H groups in total. The van der Waals surface area contributed by atoms with Crippen molar-refractivity contribution in [3.63, 3.8) is 0 Å². The van der Waals surface area contributed by atoms with Gasteiger partial charge in [0.15, 0.2) is 0 Å². The highest BCUT2D eigenvalue weighted by Gasteiger charge is 1.94. The lowest BCUT2D eigenvalue weighted by Crippen LogP contribution is -1.94. The van der Waals surface area contributed by atoms with Gasteiger partial charge in [-0.25, -0.2) is 0 Å². The van der Waals surface area contributed by atoms with E-state index in [-0.39, 0.29) is 0 Å². The first-order chi connectivity index (χ1) is 3.81. The highest BCUT2D eigenvalue weighted by atomic mass is 14.5. The van der Waals surface area contributed by atoms with Gasteiger partial charge in [0.1, 0.15) is 0 Å². The van der Waals surface area contributed by atoms with Crippen LogP contribution in [0.3, 0.4) is 0 Å². The van der Waals surface area contributed by atoms with E-state index >= 15 is 0 Å². The average Bonchev–Trinajstić information content (AvgIpc) is 1.83. The molecular weight excluding hydrogens is 98.1 g/mol. The van der Waals surface area contributed by atoms with Crippen LogP contribution in [0.1, 0.15) is 33.1 Å². The Hall–Kier alpha value is -0.0400. The standard InChI is InChI=1S/C7H16N/c1-3-7(2)5-4-6-8/h7-8H,3-6H2,1-2H3. The molecular formula is C7H16N. The van der Waals surface area contributed by atoms with Gasteiger partial charge in [-0.2, -0.15) is 0 Å². The topological polar surface area (TPSA) is 23.8 Å². The van der Waals surface area contributed by atoms with E-state index < -0.39 is 0 Å². The second-order valence-electron chi connectivity index (χ2n) is 2.41. The van der Waals surface area contributed by atoms with Crippen molar-refractivity contribution in [2.24, 2.45) is 5.92 Å². The molecule has 1 heteroatoms.